The summed E-state index contributed by atoms with van der Waals surface area (Å²) in [6.45, 7) is 4.79. The van der Waals surface area contributed by atoms with Crippen molar-refractivity contribution in [2.75, 3.05) is 41.3 Å². The number of carboxylic acid groups (broad SMARTS) is 1. The van der Waals surface area contributed by atoms with Crippen molar-refractivity contribution in [2.24, 2.45) is 0 Å². The van der Waals surface area contributed by atoms with E-state index in [-0.39, 0.29) is 11.5 Å². The number of carbonyl (C=O) groups is 2. The fraction of sp³-hybridized carbons (Fsp3) is 0.208. The molecule has 7 nitrogen and oxygen atoms in total. The van der Waals surface area contributed by atoms with E-state index in [0.29, 0.717) is 30.0 Å². The number of amides is 1. The topological polar surface area (TPSA) is 85.8 Å². The summed E-state index contributed by atoms with van der Waals surface area (Å²) in [7, 11) is 0. The van der Waals surface area contributed by atoms with E-state index in [1.807, 2.05) is 37.3 Å². The molecule has 4 rings (SSSR count). The zero-order chi connectivity index (χ0) is 21.8. The van der Waals surface area contributed by atoms with Gasteiger partial charge in [-0.05, 0) is 49.4 Å². The maximum absolute atomic E-state index is 12.5. The molecule has 0 aliphatic carbocycles. The molecule has 1 fully saturated rings. The van der Waals surface area contributed by atoms with Gasteiger partial charge in [-0.25, -0.2) is 9.78 Å². The molecule has 0 saturated carbocycles. The summed E-state index contributed by atoms with van der Waals surface area (Å²) in [5, 5.41) is 12.6. The molecule has 31 heavy (non-hydrogen) atoms. The Balaban J connectivity index is 1.49. The first kappa shape index (κ1) is 20.4. The average Bonchev–Trinajstić information content (AvgIpc) is 2.80. The molecule has 2 heterocycles. The summed E-state index contributed by atoms with van der Waals surface area (Å²) in [5.74, 6) is -0.361. The molecular formula is C24H24N4O3. The minimum absolute atomic E-state index is 0.174. The third-order valence-corrected chi connectivity index (χ3v) is 5.36. The first-order chi connectivity index (χ1) is 15.0. The van der Waals surface area contributed by atoms with Crippen LogP contribution in [0.25, 0.3) is 0 Å². The fourth-order valence-corrected chi connectivity index (χ4v) is 3.77. The molecular weight excluding hydrogens is 392 g/mol. The zero-order valence-corrected chi connectivity index (χ0v) is 17.3. The van der Waals surface area contributed by atoms with Crippen LogP contribution in [0.3, 0.4) is 0 Å². The molecule has 0 atom stereocenters. The van der Waals surface area contributed by atoms with Gasteiger partial charge in [-0.15, -0.1) is 0 Å². The standard InChI is InChI=1S/C24H24N4O3/c1-17-5-4-6-18(15-17)23(29)26-19-8-9-21(20(16-19)24(30)31)27-11-13-28(14-12-27)22-7-2-3-10-25-22/h2-10,15-16H,11-14H2,1H3,(H,26,29)(H,30,31). The van der Waals surface area contributed by atoms with E-state index >= 15 is 0 Å². The van der Waals surface area contributed by atoms with E-state index in [9.17, 15) is 14.7 Å². The maximum Gasteiger partial charge on any atom is 0.337 e. The second-order valence-electron chi connectivity index (χ2n) is 7.52. The number of carbonyl (C=O) groups excluding carboxylic acids is 1. The minimum Gasteiger partial charge on any atom is -0.478 e. The quantitative estimate of drug-likeness (QED) is 0.660. The van der Waals surface area contributed by atoms with Gasteiger partial charge in [0.25, 0.3) is 5.91 Å². The van der Waals surface area contributed by atoms with Crippen molar-refractivity contribution in [2.45, 2.75) is 6.92 Å². The molecule has 7 heteroatoms. The van der Waals surface area contributed by atoms with Crippen LogP contribution in [0.1, 0.15) is 26.3 Å². The number of benzene rings is 2. The Morgan fingerprint density at radius 3 is 2.39 bits per heavy atom. The van der Waals surface area contributed by atoms with Gasteiger partial charge in [0.15, 0.2) is 0 Å². The third kappa shape index (κ3) is 4.66. The molecule has 1 aromatic heterocycles. The second-order valence-corrected chi connectivity index (χ2v) is 7.52. The zero-order valence-electron chi connectivity index (χ0n) is 17.3. The van der Waals surface area contributed by atoms with Crippen molar-refractivity contribution in [1.82, 2.24) is 4.98 Å². The highest BCUT2D eigenvalue weighted by Crippen LogP contribution is 2.27. The Hall–Kier alpha value is -3.87. The van der Waals surface area contributed by atoms with Crippen LogP contribution < -0.4 is 15.1 Å². The third-order valence-electron chi connectivity index (χ3n) is 5.36. The lowest BCUT2D eigenvalue weighted by atomic mass is 10.1. The molecule has 1 saturated heterocycles. The molecule has 0 bridgehead atoms. The van der Waals surface area contributed by atoms with E-state index in [0.717, 1.165) is 24.5 Å². The fourth-order valence-electron chi connectivity index (χ4n) is 3.77. The van der Waals surface area contributed by atoms with Gasteiger partial charge in [-0.1, -0.05) is 23.8 Å². The monoisotopic (exact) mass is 416 g/mol. The number of rotatable bonds is 5. The molecule has 1 aliphatic rings. The predicted molar refractivity (Wildman–Crippen MR) is 121 cm³/mol. The van der Waals surface area contributed by atoms with Crippen molar-refractivity contribution in [3.63, 3.8) is 0 Å². The van der Waals surface area contributed by atoms with Crippen molar-refractivity contribution >= 4 is 29.1 Å². The van der Waals surface area contributed by atoms with Crippen LogP contribution in [0.2, 0.25) is 0 Å². The molecule has 0 radical (unpaired) electrons. The number of hydrogen-bond acceptors (Lipinski definition) is 5. The number of nitrogens with zero attached hydrogens (tertiary/aromatic N) is 3. The van der Waals surface area contributed by atoms with E-state index in [2.05, 4.69) is 20.1 Å². The van der Waals surface area contributed by atoms with Crippen LogP contribution in [-0.4, -0.2) is 48.1 Å². The van der Waals surface area contributed by atoms with Gasteiger partial charge in [0, 0.05) is 43.6 Å². The molecule has 0 spiro atoms. The first-order valence-electron chi connectivity index (χ1n) is 10.2. The number of aromatic carboxylic acids is 1. The van der Waals surface area contributed by atoms with Crippen LogP contribution in [0.4, 0.5) is 17.2 Å². The lowest BCUT2D eigenvalue weighted by Crippen LogP contribution is -2.47. The normalized spacial score (nSPS) is 13.7. The largest absolute Gasteiger partial charge is 0.478 e. The van der Waals surface area contributed by atoms with E-state index in [4.69, 9.17) is 0 Å². The molecule has 2 N–H and O–H groups in total. The molecule has 0 unspecified atom stereocenters. The summed E-state index contributed by atoms with van der Waals surface area (Å²) in [6.07, 6.45) is 1.77. The minimum atomic E-state index is -1.02. The number of hydrogen-bond donors (Lipinski definition) is 2. The Labute approximate surface area is 181 Å². The van der Waals surface area contributed by atoms with Crippen LogP contribution in [0, 0.1) is 6.92 Å². The van der Waals surface area contributed by atoms with Gasteiger partial charge >= 0.3 is 5.97 Å². The van der Waals surface area contributed by atoms with E-state index in [1.165, 1.54) is 6.07 Å². The highest BCUT2D eigenvalue weighted by molar-refractivity contribution is 6.05. The Bertz CT molecular complexity index is 1090. The SMILES string of the molecule is Cc1cccc(C(=O)Nc2ccc(N3CCN(c4ccccn4)CC3)c(C(=O)O)c2)c1. The summed E-state index contributed by atoms with van der Waals surface area (Å²) in [4.78, 5) is 33.1. The van der Waals surface area contributed by atoms with Crippen LogP contribution in [0.15, 0.2) is 66.9 Å². The van der Waals surface area contributed by atoms with Gasteiger partial charge in [0.1, 0.15) is 5.82 Å². The number of aryl methyl sites for hydroxylation is 1. The number of anilines is 3. The van der Waals surface area contributed by atoms with E-state index in [1.54, 1.807) is 30.5 Å². The van der Waals surface area contributed by atoms with Gasteiger partial charge in [0.2, 0.25) is 0 Å². The highest BCUT2D eigenvalue weighted by Gasteiger charge is 2.22. The van der Waals surface area contributed by atoms with Gasteiger partial charge in [-0.2, -0.15) is 0 Å². The lowest BCUT2D eigenvalue weighted by Gasteiger charge is -2.37. The number of pyridine rings is 1. The molecule has 2 aromatic carbocycles. The number of nitrogens with one attached hydrogen (secondary N) is 1. The number of aromatic nitrogens is 1. The van der Waals surface area contributed by atoms with Crippen molar-refractivity contribution in [3.05, 3.63) is 83.6 Å². The summed E-state index contributed by atoms with van der Waals surface area (Å²) in [5.41, 5.74) is 2.81. The van der Waals surface area contributed by atoms with E-state index < -0.39 is 5.97 Å². The van der Waals surface area contributed by atoms with Gasteiger partial charge in [0.05, 0.1) is 11.3 Å². The number of carboxylic acids is 1. The van der Waals surface area contributed by atoms with Crippen LogP contribution in [0.5, 0.6) is 0 Å². The lowest BCUT2D eigenvalue weighted by molar-refractivity contribution is 0.0697. The summed E-state index contributed by atoms with van der Waals surface area (Å²) < 4.78 is 0. The van der Waals surface area contributed by atoms with Gasteiger partial charge < -0.3 is 20.2 Å². The summed E-state index contributed by atoms with van der Waals surface area (Å²) in [6, 6.07) is 18.1. The first-order valence-corrected chi connectivity index (χ1v) is 10.2. The van der Waals surface area contributed by atoms with Crippen molar-refractivity contribution in [1.29, 1.82) is 0 Å². The molecule has 1 aliphatic heterocycles. The Morgan fingerprint density at radius 2 is 1.71 bits per heavy atom. The van der Waals surface area contributed by atoms with Crippen molar-refractivity contribution in [3.8, 4) is 0 Å². The van der Waals surface area contributed by atoms with Crippen LogP contribution >= 0.6 is 0 Å². The number of piperazine rings is 1. The maximum atomic E-state index is 12.5. The predicted octanol–water partition coefficient (Wildman–Crippen LogP) is 3.67. The van der Waals surface area contributed by atoms with Crippen LogP contribution in [-0.2, 0) is 0 Å². The Kier molecular flexibility index (Phi) is 5.84. The molecule has 158 valence electrons. The molecule has 3 aromatic rings. The van der Waals surface area contributed by atoms with Gasteiger partial charge in [-0.3, -0.25) is 4.79 Å². The summed E-state index contributed by atoms with van der Waals surface area (Å²) >= 11 is 0. The Morgan fingerprint density at radius 1 is 0.935 bits per heavy atom. The second kappa shape index (κ2) is 8.87. The van der Waals surface area contributed by atoms with Crippen molar-refractivity contribution < 1.29 is 14.7 Å². The average molecular weight is 416 g/mol. The smallest absolute Gasteiger partial charge is 0.337 e. The highest BCUT2D eigenvalue weighted by atomic mass is 16.4. The molecule has 1 amide bonds.